The molecule has 1 amide bonds. The van der Waals surface area contributed by atoms with Crippen molar-refractivity contribution < 1.29 is 14.3 Å². The van der Waals surface area contributed by atoms with Gasteiger partial charge in [0.25, 0.3) is 5.91 Å². The highest BCUT2D eigenvalue weighted by molar-refractivity contribution is 6.32. The summed E-state index contributed by atoms with van der Waals surface area (Å²) in [6.45, 7) is 7.43. The van der Waals surface area contributed by atoms with Gasteiger partial charge in [0.05, 0.1) is 18.2 Å². The average Bonchev–Trinajstić information content (AvgIpc) is 2.51. The van der Waals surface area contributed by atoms with Crippen LogP contribution >= 0.6 is 24.0 Å². The maximum atomic E-state index is 12.2. The molecule has 1 rings (SSSR count). The van der Waals surface area contributed by atoms with Gasteiger partial charge >= 0.3 is 0 Å². The van der Waals surface area contributed by atoms with Gasteiger partial charge in [-0.05, 0) is 39.4 Å². The molecule has 0 aliphatic heterocycles. The number of amides is 1. The Balaban J connectivity index is 0.00000484. The lowest BCUT2D eigenvalue weighted by Crippen LogP contribution is -2.37. The lowest BCUT2D eigenvalue weighted by atomic mass is 10.1. The van der Waals surface area contributed by atoms with E-state index in [0.29, 0.717) is 41.8 Å². The van der Waals surface area contributed by atoms with Crippen LogP contribution in [0.15, 0.2) is 12.1 Å². The predicted octanol–water partition coefficient (Wildman–Crippen LogP) is 3.29. The summed E-state index contributed by atoms with van der Waals surface area (Å²) in [6.07, 6.45) is 0.867. The topological polar surface area (TPSA) is 59.6 Å². The molecular formula is C16H26Cl2N2O3. The molecule has 0 aliphatic carbocycles. The number of halogens is 2. The minimum atomic E-state index is -0.188. The molecule has 0 bridgehead atoms. The summed E-state index contributed by atoms with van der Waals surface area (Å²) in [7, 11) is 1.85. The Labute approximate surface area is 149 Å². The van der Waals surface area contributed by atoms with Gasteiger partial charge in [-0.1, -0.05) is 18.5 Å². The Morgan fingerprint density at radius 3 is 2.57 bits per heavy atom. The molecule has 5 nitrogen and oxygen atoms in total. The average molecular weight is 365 g/mol. The smallest absolute Gasteiger partial charge is 0.251 e. The minimum Gasteiger partial charge on any atom is -0.490 e. The maximum Gasteiger partial charge on any atom is 0.251 e. The number of rotatable bonds is 9. The molecule has 0 heterocycles. The van der Waals surface area contributed by atoms with Gasteiger partial charge in [0, 0.05) is 18.2 Å². The van der Waals surface area contributed by atoms with E-state index in [1.807, 2.05) is 27.8 Å². The second kappa shape index (κ2) is 11.4. The molecule has 0 aliphatic rings. The van der Waals surface area contributed by atoms with Crippen LogP contribution in [0.25, 0.3) is 0 Å². The summed E-state index contributed by atoms with van der Waals surface area (Å²) in [5.74, 6) is 0.799. The van der Waals surface area contributed by atoms with Gasteiger partial charge in [0.1, 0.15) is 0 Å². The first kappa shape index (κ1) is 21.8. The maximum absolute atomic E-state index is 12.2. The second-order valence-corrected chi connectivity index (χ2v) is 5.37. The van der Waals surface area contributed by atoms with Gasteiger partial charge in [-0.25, -0.2) is 0 Å². The highest BCUT2D eigenvalue weighted by atomic mass is 35.5. The molecule has 0 aromatic heterocycles. The van der Waals surface area contributed by atoms with Gasteiger partial charge in [-0.2, -0.15) is 0 Å². The monoisotopic (exact) mass is 364 g/mol. The molecule has 0 spiro atoms. The minimum absolute atomic E-state index is 0. The van der Waals surface area contributed by atoms with Gasteiger partial charge < -0.3 is 20.1 Å². The fourth-order valence-corrected chi connectivity index (χ4v) is 2.02. The van der Waals surface area contributed by atoms with Crippen molar-refractivity contribution in [2.24, 2.45) is 0 Å². The lowest BCUT2D eigenvalue weighted by Gasteiger charge is -2.16. The summed E-state index contributed by atoms with van der Waals surface area (Å²) in [5.41, 5.74) is 0.459. The van der Waals surface area contributed by atoms with Crippen LogP contribution in [0.4, 0.5) is 0 Å². The van der Waals surface area contributed by atoms with E-state index < -0.39 is 0 Å². The standard InChI is InChI=1S/C16H25ClN2O3.ClH/c1-5-7-22-15-13(17)8-12(9-14(15)21-6-2)16(20)19-10-11(3)18-4;/h8-9,11,18H,5-7,10H2,1-4H3,(H,19,20);1H. The molecule has 0 saturated heterocycles. The SMILES string of the molecule is CCCOc1c(Cl)cc(C(=O)NCC(C)NC)cc1OCC.Cl. The van der Waals surface area contributed by atoms with Crippen LogP contribution in [0.5, 0.6) is 11.5 Å². The van der Waals surface area contributed by atoms with E-state index in [4.69, 9.17) is 21.1 Å². The lowest BCUT2D eigenvalue weighted by molar-refractivity contribution is 0.0950. The third-order valence-electron chi connectivity index (χ3n) is 3.08. The summed E-state index contributed by atoms with van der Waals surface area (Å²) in [4.78, 5) is 12.2. The van der Waals surface area contributed by atoms with E-state index in [1.54, 1.807) is 12.1 Å². The van der Waals surface area contributed by atoms with Crippen molar-refractivity contribution in [3.8, 4) is 11.5 Å². The molecule has 132 valence electrons. The number of ether oxygens (including phenoxy) is 2. The van der Waals surface area contributed by atoms with Crippen LogP contribution in [0.1, 0.15) is 37.6 Å². The van der Waals surface area contributed by atoms with Crippen molar-refractivity contribution in [2.75, 3.05) is 26.8 Å². The van der Waals surface area contributed by atoms with Gasteiger partial charge in [-0.3, -0.25) is 4.79 Å². The third kappa shape index (κ3) is 6.85. The Morgan fingerprint density at radius 2 is 2.00 bits per heavy atom. The summed E-state index contributed by atoms with van der Waals surface area (Å²) in [6, 6.07) is 3.46. The molecule has 1 aromatic carbocycles. The number of carbonyl (C=O) groups is 1. The molecule has 23 heavy (non-hydrogen) atoms. The molecule has 0 fully saturated rings. The zero-order valence-electron chi connectivity index (χ0n) is 14.1. The third-order valence-corrected chi connectivity index (χ3v) is 3.36. The first-order valence-corrected chi connectivity index (χ1v) is 7.95. The van der Waals surface area contributed by atoms with Gasteiger partial charge in [0.2, 0.25) is 0 Å². The van der Waals surface area contributed by atoms with Gasteiger partial charge in [0.15, 0.2) is 11.5 Å². The van der Waals surface area contributed by atoms with E-state index in [-0.39, 0.29) is 24.4 Å². The molecule has 7 heteroatoms. The summed E-state index contributed by atoms with van der Waals surface area (Å²) >= 11 is 6.24. The van der Waals surface area contributed by atoms with E-state index in [2.05, 4.69) is 10.6 Å². The van der Waals surface area contributed by atoms with E-state index >= 15 is 0 Å². The first-order valence-electron chi connectivity index (χ1n) is 7.58. The first-order chi connectivity index (χ1) is 10.5. The van der Waals surface area contributed by atoms with Crippen LogP contribution in [0.3, 0.4) is 0 Å². The zero-order valence-corrected chi connectivity index (χ0v) is 15.6. The van der Waals surface area contributed by atoms with Crippen molar-refractivity contribution in [3.05, 3.63) is 22.7 Å². The van der Waals surface area contributed by atoms with Gasteiger partial charge in [-0.15, -0.1) is 12.4 Å². The molecule has 1 atom stereocenters. The Morgan fingerprint density at radius 1 is 1.30 bits per heavy atom. The molecule has 1 unspecified atom stereocenters. The number of carbonyl (C=O) groups excluding carboxylic acids is 1. The quantitative estimate of drug-likeness (QED) is 0.705. The van der Waals surface area contributed by atoms with E-state index in [0.717, 1.165) is 6.42 Å². The van der Waals surface area contributed by atoms with Crippen LogP contribution in [-0.4, -0.2) is 38.8 Å². The summed E-state index contributed by atoms with van der Waals surface area (Å²) in [5, 5.41) is 6.29. The predicted molar refractivity (Wildman–Crippen MR) is 96.5 cm³/mol. The second-order valence-electron chi connectivity index (χ2n) is 4.97. The molecular weight excluding hydrogens is 339 g/mol. The van der Waals surface area contributed by atoms with Crippen LogP contribution in [-0.2, 0) is 0 Å². The Bertz CT molecular complexity index is 498. The largest absolute Gasteiger partial charge is 0.490 e. The van der Waals surface area contributed by atoms with Crippen molar-refractivity contribution in [3.63, 3.8) is 0 Å². The molecule has 0 saturated carbocycles. The van der Waals surface area contributed by atoms with E-state index in [1.165, 1.54) is 0 Å². The number of likely N-dealkylation sites (N-methyl/N-ethyl adjacent to an activating group) is 1. The highest BCUT2D eigenvalue weighted by Gasteiger charge is 2.16. The van der Waals surface area contributed by atoms with Crippen molar-refractivity contribution in [1.82, 2.24) is 10.6 Å². The van der Waals surface area contributed by atoms with Crippen molar-refractivity contribution >= 4 is 29.9 Å². The number of hydrogen-bond donors (Lipinski definition) is 2. The number of hydrogen-bond acceptors (Lipinski definition) is 4. The Hall–Kier alpha value is -1.17. The van der Waals surface area contributed by atoms with Crippen LogP contribution in [0.2, 0.25) is 5.02 Å². The van der Waals surface area contributed by atoms with E-state index in [9.17, 15) is 4.79 Å². The Kier molecular flexibility index (Phi) is 10.8. The fraction of sp³-hybridized carbons (Fsp3) is 0.562. The van der Waals surface area contributed by atoms with Crippen molar-refractivity contribution in [2.45, 2.75) is 33.2 Å². The van der Waals surface area contributed by atoms with Crippen LogP contribution in [0, 0.1) is 0 Å². The summed E-state index contributed by atoms with van der Waals surface area (Å²) < 4.78 is 11.2. The zero-order chi connectivity index (χ0) is 16.5. The van der Waals surface area contributed by atoms with Crippen LogP contribution < -0.4 is 20.1 Å². The molecule has 2 N–H and O–H groups in total. The number of nitrogens with one attached hydrogen (secondary N) is 2. The fourth-order valence-electron chi connectivity index (χ4n) is 1.76. The molecule has 0 radical (unpaired) electrons. The number of benzene rings is 1. The normalized spacial score (nSPS) is 11.3. The molecule has 1 aromatic rings. The van der Waals surface area contributed by atoms with Crippen molar-refractivity contribution in [1.29, 1.82) is 0 Å². The highest BCUT2D eigenvalue weighted by Crippen LogP contribution is 2.36.